The van der Waals surface area contributed by atoms with Crippen LogP contribution in [0.15, 0.2) is 58.0 Å². The van der Waals surface area contributed by atoms with Gasteiger partial charge in [0.2, 0.25) is 5.89 Å². The molecule has 0 unspecified atom stereocenters. The van der Waals surface area contributed by atoms with Crippen molar-refractivity contribution in [3.05, 3.63) is 65.2 Å². The Balaban J connectivity index is 1.46. The van der Waals surface area contributed by atoms with Gasteiger partial charge in [-0.1, -0.05) is 12.1 Å². The lowest BCUT2D eigenvalue weighted by Gasteiger charge is -2.17. The van der Waals surface area contributed by atoms with E-state index >= 15 is 0 Å². The van der Waals surface area contributed by atoms with E-state index in [-0.39, 0.29) is 18.3 Å². The number of methoxy groups -OCH3 is 2. The highest BCUT2D eigenvalue weighted by Crippen LogP contribution is 2.35. The molecule has 0 saturated heterocycles. The van der Waals surface area contributed by atoms with Gasteiger partial charge in [-0.05, 0) is 55.5 Å². The zero-order chi connectivity index (χ0) is 22.8. The van der Waals surface area contributed by atoms with Gasteiger partial charge in [0.1, 0.15) is 12.3 Å². The molecule has 0 atom stereocenters. The molecule has 1 aliphatic carbocycles. The van der Waals surface area contributed by atoms with Crippen LogP contribution in [0.2, 0.25) is 0 Å². The largest absolute Gasteiger partial charge is 0.494 e. The molecule has 1 aliphatic rings. The normalized spacial score (nSPS) is 14.0. The van der Waals surface area contributed by atoms with Crippen LogP contribution in [-0.4, -0.2) is 34.9 Å². The Labute approximate surface area is 190 Å². The highest BCUT2D eigenvalue weighted by Gasteiger charge is 2.19. The van der Waals surface area contributed by atoms with Gasteiger partial charge in [-0.25, -0.2) is 14.8 Å². The molecule has 0 radical (unpaired) electrons. The van der Waals surface area contributed by atoms with Crippen LogP contribution in [0, 0.1) is 0 Å². The first-order valence-electron chi connectivity index (χ1n) is 11.0. The van der Waals surface area contributed by atoms with E-state index < -0.39 is 0 Å². The van der Waals surface area contributed by atoms with Crippen LogP contribution in [0.3, 0.4) is 0 Å². The van der Waals surface area contributed by atoms with Crippen molar-refractivity contribution in [3.8, 4) is 28.4 Å². The molecule has 0 bridgehead atoms. The number of nitrogens with zero attached hydrogens (tertiary/aromatic N) is 3. The van der Waals surface area contributed by atoms with Crippen LogP contribution in [-0.2, 0) is 6.54 Å². The van der Waals surface area contributed by atoms with Gasteiger partial charge in [0.05, 0.1) is 20.3 Å². The summed E-state index contributed by atoms with van der Waals surface area (Å²) in [4.78, 5) is 21.0. The van der Waals surface area contributed by atoms with E-state index in [0.29, 0.717) is 34.2 Å². The molecule has 170 valence electrons. The van der Waals surface area contributed by atoms with Crippen molar-refractivity contribution in [1.82, 2.24) is 14.5 Å². The fraction of sp³-hybridized carbons (Fsp3) is 0.320. The van der Waals surface area contributed by atoms with Crippen LogP contribution in [0.4, 0.5) is 0 Å². The molecule has 8 nitrogen and oxygen atoms in total. The monoisotopic (exact) mass is 447 g/mol. The smallest absolute Gasteiger partial charge is 0.348 e. The van der Waals surface area contributed by atoms with Crippen molar-refractivity contribution in [1.29, 1.82) is 0 Å². The van der Waals surface area contributed by atoms with Gasteiger partial charge in [0, 0.05) is 18.0 Å². The molecule has 0 aliphatic heterocycles. The molecule has 0 N–H and O–H groups in total. The van der Waals surface area contributed by atoms with Crippen molar-refractivity contribution in [2.75, 3.05) is 14.2 Å². The predicted molar refractivity (Wildman–Crippen MR) is 123 cm³/mol. The van der Waals surface area contributed by atoms with E-state index in [1.54, 1.807) is 26.6 Å². The van der Waals surface area contributed by atoms with E-state index in [4.69, 9.17) is 18.6 Å². The Bertz CT molecular complexity index is 1340. The maximum absolute atomic E-state index is 12.5. The lowest BCUT2D eigenvalue weighted by molar-refractivity contribution is 0.201. The van der Waals surface area contributed by atoms with E-state index in [9.17, 15) is 4.79 Å². The zero-order valence-electron chi connectivity index (χ0n) is 18.6. The average molecular weight is 447 g/mol. The van der Waals surface area contributed by atoms with E-state index in [0.717, 1.165) is 24.0 Å². The summed E-state index contributed by atoms with van der Waals surface area (Å²) < 4.78 is 24.4. The molecule has 0 amide bonds. The van der Waals surface area contributed by atoms with Crippen LogP contribution in [0.5, 0.6) is 17.2 Å². The van der Waals surface area contributed by atoms with Crippen molar-refractivity contribution in [2.24, 2.45) is 0 Å². The minimum absolute atomic E-state index is 0.152. The van der Waals surface area contributed by atoms with Crippen molar-refractivity contribution in [3.63, 3.8) is 0 Å². The Kier molecular flexibility index (Phi) is 5.73. The predicted octanol–water partition coefficient (Wildman–Crippen LogP) is 4.44. The first-order chi connectivity index (χ1) is 16.1. The van der Waals surface area contributed by atoms with Crippen LogP contribution in [0.1, 0.15) is 31.6 Å². The molecular weight excluding hydrogens is 422 g/mol. The van der Waals surface area contributed by atoms with Gasteiger partial charge in [0.15, 0.2) is 22.6 Å². The average Bonchev–Trinajstić information content (AvgIpc) is 3.49. The molecular formula is C25H25N3O5. The highest BCUT2D eigenvalue weighted by atomic mass is 16.5. The summed E-state index contributed by atoms with van der Waals surface area (Å²) >= 11 is 0. The summed E-state index contributed by atoms with van der Waals surface area (Å²) in [5.74, 6) is 2.41. The molecule has 2 heterocycles. The summed E-state index contributed by atoms with van der Waals surface area (Å²) in [5.41, 5.74) is 2.50. The molecule has 2 aromatic carbocycles. The zero-order valence-corrected chi connectivity index (χ0v) is 18.6. The second-order valence-corrected chi connectivity index (χ2v) is 8.06. The van der Waals surface area contributed by atoms with Crippen LogP contribution >= 0.6 is 0 Å². The second kappa shape index (κ2) is 8.97. The third-order valence-electron chi connectivity index (χ3n) is 5.90. The Morgan fingerprint density at radius 2 is 1.85 bits per heavy atom. The number of ether oxygens (including phenoxy) is 3. The third kappa shape index (κ3) is 4.28. The maximum Gasteiger partial charge on any atom is 0.348 e. The summed E-state index contributed by atoms with van der Waals surface area (Å²) in [6, 6.07) is 11.2. The second-order valence-electron chi connectivity index (χ2n) is 8.06. The number of oxazole rings is 1. The SMILES string of the molecule is COc1ccc(-c2cnc(=O)n(Cc3nc4c(OC)cccc4o3)c2)cc1OC1CCCC1. The number of hydrogen-bond donors (Lipinski definition) is 0. The van der Waals surface area contributed by atoms with Crippen molar-refractivity contribution >= 4 is 11.1 Å². The van der Waals surface area contributed by atoms with E-state index in [1.165, 1.54) is 17.4 Å². The summed E-state index contributed by atoms with van der Waals surface area (Å²) in [6.45, 7) is 0.152. The van der Waals surface area contributed by atoms with E-state index in [2.05, 4.69) is 9.97 Å². The summed E-state index contributed by atoms with van der Waals surface area (Å²) in [5, 5.41) is 0. The fourth-order valence-corrected chi connectivity index (χ4v) is 4.20. The van der Waals surface area contributed by atoms with Crippen LogP contribution < -0.4 is 19.9 Å². The molecule has 8 heteroatoms. The number of hydrogen-bond acceptors (Lipinski definition) is 7. The first-order valence-corrected chi connectivity index (χ1v) is 11.0. The highest BCUT2D eigenvalue weighted by molar-refractivity contribution is 5.79. The molecule has 1 saturated carbocycles. The van der Waals surface area contributed by atoms with Gasteiger partial charge in [-0.15, -0.1) is 0 Å². The number of aromatic nitrogens is 3. The Morgan fingerprint density at radius 3 is 2.64 bits per heavy atom. The van der Waals surface area contributed by atoms with Crippen molar-refractivity contribution < 1.29 is 18.6 Å². The van der Waals surface area contributed by atoms with E-state index in [1.807, 2.05) is 36.4 Å². The first kappa shape index (κ1) is 21.1. The lowest BCUT2D eigenvalue weighted by Crippen LogP contribution is -2.22. The van der Waals surface area contributed by atoms with Gasteiger partial charge in [0.25, 0.3) is 0 Å². The fourth-order valence-electron chi connectivity index (χ4n) is 4.20. The standard InChI is InChI=1S/C25H25N3O5/c1-30-19-11-10-16(12-22(19)32-18-6-3-4-7-18)17-13-26-25(29)28(14-17)15-23-27-24-20(31-2)8-5-9-21(24)33-23/h5,8-14,18H,3-4,6-7,15H2,1-2H3. The number of rotatable bonds is 7. The number of benzene rings is 2. The summed E-state index contributed by atoms with van der Waals surface area (Å²) in [6.07, 6.45) is 7.99. The Hall–Kier alpha value is -3.81. The van der Waals surface area contributed by atoms with Crippen LogP contribution in [0.25, 0.3) is 22.2 Å². The molecule has 5 rings (SSSR count). The molecule has 33 heavy (non-hydrogen) atoms. The van der Waals surface area contributed by atoms with Gasteiger partial charge < -0.3 is 18.6 Å². The van der Waals surface area contributed by atoms with Crippen molar-refractivity contribution in [2.45, 2.75) is 38.3 Å². The topological polar surface area (TPSA) is 88.6 Å². The van der Waals surface area contributed by atoms with Gasteiger partial charge in [-0.2, -0.15) is 0 Å². The molecule has 4 aromatic rings. The molecule has 2 aromatic heterocycles. The third-order valence-corrected chi connectivity index (χ3v) is 5.90. The Morgan fingerprint density at radius 1 is 1.03 bits per heavy atom. The molecule has 1 fully saturated rings. The minimum atomic E-state index is -0.385. The lowest BCUT2D eigenvalue weighted by atomic mass is 10.1. The number of para-hydroxylation sites is 1. The molecule has 0 spiro atoms. The maximum atomic E-state index is 12.5. The minimum Gasteiger partial charge on any atom is -0.494 e. The quantitative estimate of drug-likeness (QED) is 0.414. The summed E-state index contributed by atoms with van der Waals surface area (Å²) in [7, 11) is 3.22. The number of fused-ring (bicyclic) bond motifs is 1. The van der Waals surface area contributed by atoms with Gasteiger partial charge in [-0.3, -0.25) is 4.57 Å². The van der Waals surface area contributed by atoms with Gasteiger partial charge >= 0.3 is 5.69 Å².